The van der Waals surface area contributed by atoms with Gasteiger partial charge < -0.3 is 19.5 Å². The molecule has 0 spiro atoms. The number of anilines is 1. The summed E-state index contributed by atoms with van der Waals surface area (Å²) in [7, 11) is 4.34. The van der Waals surface area contributed by atoms with E-state index in [9.17, 15) is 9.59 Å². The van der Waals surface area contributed by atoms with Crippen LogP contribution in [0.25, 0.3) is 0 Å². The van der Waals surface area contributed by atoms with Crippen LogP contribution in [-0.4, -0.2) is 50.7 Å². The Hall–Kier alpha value is -2.58. The molecule has 0 saturated carbocycles. The zero-order valence-electron chi connectivity index (χ0n) is 17.3. The fourth-order valence-electron chi connectivity index (χ4n) is 3.51. The van der Waals surface area contributed by atoms with Crippen molar-refractivity contribution in [1.29, 1.82) is 0 Å². The van der Waals surface area contributed by atoms with E-state index in [1.54, 1.807) is 18.2 Å². The number of nitrogens with zero attached hydrogens (tertiary/aromatic N) is 1. The van der Waals surface area contributed by atoms with Gasteiger partial charge in [-0.1, -0.05) is 6.07 Å². The molecule has 0 bridgehead atoms. The lowest BCUT2D eigenvalue weighted by Crippen LogP contribution is -2.35. The van der Waals surface area contributed by atoms with Crippen LogP contribution in [0.5, 0.6) is 11.5 Å². The number of thiophene rings is 1. The normalized spacial score (nSPS) is 13.7. The second-order valence-electron chi connectivity index (χ2n) is 7.01. The van der Waals surface area contributed by atoms with Crippen molar-refractivity contribution in [3.63, 3.8) is 0 Å². The van der Waals surface area contributed by atoms with Gasteiger partial charge in [-0.2, -0.15) is 0 Å². The van der Waals surface area contributed by atoms with Crippen LogP contribution < -0.4 is 14.8 Å². The minimum absolute atomic E-state index is 0.281. The molecule has 0 aliphatic carbocycles. The summed E-state index contributed by atoms with van der Waals surface area (Å²) in [6.07, 6.45) is 0.738. The lowest BCUT2D eigenvalue weighted by molar-refractivity contribution is 0.0600. The van der Waals surface area contributed by atoms with Crippen molar-refractivity contribution in [2.24, 2.45) is 0 Å². The number of carbonyl (C=O) groups is 2. The van der Waals surface area contributed by atoms with Crippen molar-refractivity contribution in [2.75, 3.05) is 33.2 Å². The fraction of sp³-hybridized carbons (Fsp3) is 0.429. The number of amides is 1. The molecule has 1 N–H and O–H groups in total. The quantitative estimate of drug-likeness (QED) is 0.723. The van der Waals surface area contributed by atoms with Crippen LogP contribution in [-0.2, 0) is 17.7 Å². The SMILES string of the molecule is COC(=O)c1c(NC(=O)c2c(OC)cccc2OC)sc2c1CCN(C(C)C)C2. The molecule has 0 fully saturated rings. The molecule has 7 nitrogen and oxygen atoms in total. The molecule has 0 saturated heterocycles. The Labute approximate surface area is 174 Å². The Balaban J connectivity index is 2.00. The molecule has 1 amide bonds. The third-order valence-corrected chi connectivity index (χ3v) is 6.22. The lowest BCUT2D eigenvalue weighted by atomic mass is 10.0. The number of ether oxygens (including phenoxy) is 3. The Morgan fingerprint density at radius 3 is 2.31 bits per heavy atom. The number of esters is 1. The molecule has 8 heteroatoms. The first-order valence-electron chi connectivity index (χ1n) is 9.40. The van der Waals surface area contributed by atoms with Gasteiger partial charge in [0.15, 0.2) is 0 Å². The van der Waals surface area contributed by atoms with Crippen molar-refractivity contribution in [2.45, 2.75) is 32.9 Å². The van der Waals surface area contributed by atoms with Crippen LogP contribution in [0.15, 0.2) is 18.2 Å². The van der Waals surface area contributed by atoms with E-state index >= 15 is 0 Å². The van der Waals surface area contributed by atoms with E-state index < -0.39 is 11.9 Å². The van der Waals surface area contributed by atoms with E-state index in [4.69, 9.17) is 14.2 Å². The summed E-state index contributed by atoms with van der Waals surface area (Å²) in [5.41, 5.74) is 1.68. The van der Waals surface area contributed by atoms with E-state index in [1.165, 1.54) is 32.7 Å². The van der Waals surface area contributed by atoms with Crippen LogP contribution >= 0.6 is 11.3 Å². The molecule has 0 unspecified atom stereocenters. The van der Waals surface area contributed by atoms with Gasteiger partial charge in [0.2, 0.25) is 0 Å². The first-order valence-corrected chi connectivity index (χ1v) is 10.2. The summed E-state index contributed by atoms with van der Waals surface area (Å²) in [5.74, 6) is -0.0471. The molecule has 1 aliphatic heterocycles. The number of carbonyl (C=O) groups excluding carboxylic acids is 2. The smallest absolute Gasteiger partial charge is 0.341 e. The van der Waals surface area contributed by atoms with Gasteiger partial charge in [0.1, 0.15) is 22.1 Å². The van der Waals surface area contributed by atoms with Gasteiger partial charge in [-0.15, -0.1) is 11.3 Å². The van der Waals surface area contributed by atoms with Crippen LogP contribution in [0, 0.1) is 0 Å². The number of hydrogen-bond acceptors (Lipinski definition) is 7. The van der Waals surface area contributed by atoms with Gasteiger partial charge in [-0.05, 0) is 38.0 Å². The van der Waals surface area contributed by atoms with Crippen molar-refractivity contribution < 1.29 is 23.8 Å². The molecular formula is C21H26N2O5S. The Morgan fingerprint density at radius 2 is 1.76 bits per heavy atom. The average molecular weight is 419 g/mol. The second-order valence-corrected chi connectivity index (χ2v) is 8.11. The molecule has 29 heavy (non-hydrogen) atoms. The van der Waals surface area contributed by atoms with E-state index in [1.807, 2.05) is 0 Å². The Kier molecular flexibility index (Phi) is 6.44. The molecular weight excluding hydrogens is 392 g/mol. The minimum atomic E-state index is -0.442. The standard InChI is InChI=1S/C21H26N2O5S/c1-12(2)23-10-9-13-16(11-23)29-20(17(13)21(25)28-5)22-19(24)18-14(26-3)7-6-8-15(18)27-4/h6-8,12H,9-11H2,1-5H3,(H,22,24). The van der Waals surface area contributed by atoms with Crippen LogP contribution in [0.4, 0.5) is 5.00 Å². The summed E-state index contributed by atoms with van der Waals surface area (Å²) in [6.45, 7) is 5.90. The van der Waals surface area contributed by atoms with Gasteiger partial charge >= 0.3 is 5.97 Å². The largest absolute Gasteiger partial charge is 0.496 e. The molecule has 1 aliphatic rings. The average Bonchev–Trinajstić information content (AvgIpc) is 3.09. The molecule has 0 radical (unpaired) electrons. The minimum Gasteiger partial charge on any atom is -0.496 e. The highest BCUT2D eigenvalue weighted by Crippen LogP contribution is 2.39. The molecule has 1 aromatic heterocycles. The van der Waals surface area contributed by atoms with Crippen LogP contribution in [0.2, 0.25) is 0 Å². The zero-order chi connectivity index (χ0) is 21.1. The van der Waals surface area contributed by atoms with E-state index in [2.05, 4.69) is 24.1 Å². The van der Waals surface area contributed by atoms with Crippen LogP contribution in [0.1, 0.15) is 45.0 Å². The van der Waals surface area contributed by atoms with Gasteiger partial charge in [0.05, 0.1) is 26.9 Å². The summed E-state index contributed by atoms with van der Waals surface area (Å²) in [5, 5.41) is 3.38. The highest BCUT2D eigenvalue weighted by molar-refractivity contribution is 7.17. The summed E-state index contributed by atoms with van der Waals surface area (Å²) >= 11 is 1.42. The van der Waals surface area contributed by atoms with Gasteiger partial charge in [0, 0.05) is 24.0 Å². The highest BCUT2D eigenvalue weighted by atomic mass is 32.1. The summed E-state index contributed by atoms with van der Waals surface area (Å²) < 4.78 is 15.7. The third-order valence-electron chi connectivity index (χ3n) is 5.09. The molecule has 0 atom stereocenters. The van der Waals surface area contributed by atoms with Crippen molar-refractivity contribution >= 4 is 28.2 Å². The first-order chi connectivity index (χ1) is 13.9. The fourth-order valence-corrected chi connectivity index (χ4v) is 4.77. The maximum atomic E-state index is 13.1. The monoisotopic (exact) mass is 418 g/mol. The first kappa shape index (κ1) is 21.1. The second kappa shape index (κ2) is 8.84. The predicted octanol–water partition coefficient (Wildman–Crippen LogP) is 3.57. The van der Waals surface area contributed by atoms with E-state index in [0.717, 1.165) is 30.0 Å². The predicted molar refractivity (Wildman–Crippen MR) is 112 cm³/mol. The number of nitrogens with one attached hydrogen (secondary N) is 1. The number of rotatable bonds is 6. The van der Waals surface area contributed by atoms with Crippen molar-refractivity contribution in [1.82, 2.24) is 4.90 Å². The van der Waals surface area contributed by atoms with Gasteiger partial charge in [-0.3, -0.25) is 9.69 Å². The lowest BCUT2D eigenvalue weighted by Gasteiger charge is -2.30. The molecule has 156 valence electrons. The topological polar surface area (TPSA) is 77.1 Å². The van der Waals surface area contributed by atoms with Crippen molar-refractivity contribution in [3.05, 3.63) is 39.8 Å². The van der Waals surface area contributed by atoms with Gasteiger partial charge in [-0.25, -0.2) is 4.79 Å². The van der Waals surface area contributed by atoms with E-state index in [0.29, 0.717) is 28.1 Å². The number of benzene rings is 1. The number of fused-ring (bicyclic) bond motifs is 1. The van der Waals surface area contributed by atoms with Gasteiger partial charge in [0.25, 0.3) is 5.91 Å². The summed E-state index contributed by atoms with van der Waals surface area (Å²) in [6, 6.07) is 5.54. The molecule has 3 rings (SSSR count). The number of methoxy groups -OCH3 is 3. The highest BCUT2D eigenvalue weighted by Gasteiger charge is 2.31. The van der Waals surface area contributed by atoms with Crippen LogP contribution in [0.3, 0.4) is 0 Å². The maximum absolute atomic E-state index is 13.1. The Morgan fingerprint density at radius 1 is 1.10 bits per heavy atom. The molecule has 2 aromatic rings. The van der Waals surface area contributed by atoms with Crippen molar-refractivity contribution in [3.8, 4) is 11.5 Å². The van der Waals surface area contributed by atoms with E-state index in [-0.39, 0.29) is 5.56 Å². The Bertz CT molecular complexity index is 900. The maximum Gasteiger partial charge on any atom is 0.341 e. The third kappa shape index (κ3) is 4.09. The molecule has 1 aromatic carbocycles. The molecule has 2 heterocycles. The number of hydrogen-bond donors (Lipinski definition) is 1. The zero-order valence-corrected chi connectivity index (χ0v) is 18.1. The summed E-state index contributed by atoms with van der Waals surface area (Å²) in [4.78, 5) is 29.0.